The minimum absolute atomic E-state index is 0.115. The summed E-state index contributed by atoms with van der Waals surface area (Å²) in [6, 6.07) is 4.02. The van der Waals surface area contributed by atoms with E-state index in [1.165, 1.54) is 4.31 Å². The van der Waals surface area contributed by atoms with Gasteiger partial charge in [0.05, 0.1) is 23.9 Å². The van der Waals surface area contributed by atoms with Crippen LogP contribution in [-0.2, 0) is 24.8 Å². The van der Waals surface area contributed by atoms with E-state index in [4.69, 9.17) is 4.74 Å². The lowest BCUT2D eigenvalue weighted by Crippen LogP contribution is -2.49. The van der Waals surface area contributed by atoms with Gasteiger partial charge in [-0.25, -0.2) is 25.9 Å². The molecule has 0 saturated carbocycles. The number of ether oxygens (including phenoxy) is 1. The molecule has 1 aliphatic heterocycles. The SMILES string of the molecule is CC1COCCN1S(=O)(=O)CCNS(=O)(=O)c1ccc(F)cc1. The maximum atomic E-state index is 12.8. The highest BCUT2D eigenvalue weighted by Crippen LogP contribution is 2.13. The van der Waals surface area contributed by atoms with Crippen molar-refractivity contribution >= 4 is 20.0 Å². The van der Waals surface area contributed by atoms with Gasteiger partial charge < -0.3 is 4.74 Å². The highest BCUT2D eigenvalue weighted by atomic mass is 32.2. The summed E-state index contributed by atoms with van der Waals surface area (Å²) in [5.41, 5.74) is 0. The van der Waals surface area contributed by atoms with Crippen molar-refractivity contribution in [3.8, 4) is 0 Å². The molecule has 0 aromatic heterocycles. The highest BCUT2D eigenvalue weighted by molar-refractivity contribution is 7.90. The van der Waals surface area contributed by atoms with Gasteiger partial charge in [0.1, 0.15) is 5.82 Å². The minimum atomic E-state index is -3.87. The van der Waals surface area contributed by atoms with E-state index in [2.05, 4.69) is 4.72 Å². The number of benzene rings is 1. The molecule has 0 spiro atoms. The third-order valence-corrected chi connectivity index (χ3v) is 6.89. The van der Waals surface area contributed by atoms with Gasteiger partial charge in [0, 0.05) is 19.1 Å². The molecule has 1 heterocycles. The molecule has 1 atom stereocenters. The van der Waals surface area contributed by atoms with Gasteiger partial charge in [-0.05, 0) is 31.2 Å². The van der Waals surface area contributed by atoms with Crippen LogP contribution in [0.2, 0.25) is 0 Å². The zero-order valence-electron chi connectivity index (χ0n) is 12.6. The van der Waals surface area contributed by atoms with Crippen molar-refractivity contribution < 1.29 is 26.0 Å². The Hall–Kier alpha value is -1.07. The molecule has 1 N–H and O–H groups in total. The van der Waals surface area contributed by atoms with Crippen LogP contribution in [0.15, 0.2) is 29.2 Å². The van der Waals surface area contributed by atoms with Gasteiger partial charge in [-0.1, -0.05) is 0 Å². The predicted molar refractivity (Wildman–Crippen MR) is 82.4 cm³/mol. The molecule has 1 unspecified atom stereocenters. The lowest BCUT2D eigenvalue weighted by molar-refractivity contribution is 0.0393. The van der Waals surface area contributed by atoms with E-state index in [1.54, 1.807) is 6.92 Å². The molecule has 1 aliphatic rings. The number of nitrogens with zero attached hydrogens (tertiary/aromatic N) is 1. The first-order chi connectivity index (χ1) is 10.7. The third kappa shape index (κ3) is 4.70. The first-order valence-electron chi connectivity index (χ1n) is 7.05. The van der Waals surface area contributed by atoms with Gasteiger partial charge in [-0.3, -0.25) is 0 Å². The van der Waals surface area contributed by atoms with Gasteiger partial charge in [-0.2, -0.15) is 4.31 Å². The Morgan fingerprint density at radius 3 is 2.52 bits per heavy atom. The van der Waals surface area contributed by atoms with Crippen LogP contribution in [0.4, 0.5) is 4.39 Å². The van der Waals surface area contributed by atoms with Crippen LogP contribution in [0.25, 0.3) is 0 Å². The summed E-state index contributed by atoms with van der Waals surface area (Å²) in [4.78, 5) is -0.115. The molecule has 0 radical (unpaired) electrons. The molecule has 23 heavy (non-hydrogen) atoms. The van der Waals surface area contributed by atoms with Crippen molar-refractivity contribution in [2.75, 3.05) is 32.1 Å². The molecular weight excluding hydrogens is 347 g/mol. The summed E-state index contributed by atoms with van der Waals surface area (Å²) < 4.78 is 70.1. The second-order valence-corrected chi connectivity index (χ2v) is 9.01. The maximum absolute atomic E-state index is 12.8. The third-order valence-electron chi connectivity index (χ3n) is 3.44. The highest BCUT2D eigenvalue weighted by Gasteiger charge is 2.30. The van der Waals surface area contributed by atoms with Crippen LogP contribution in [0.1, 0.15) is 6.92 Å². The number of hydrogen-bond acceptors (Lipinski definition) is 5. The normalized spacial score (nSPS) is 20.5. The molecule has 7 nitrogen and oxygen atoms in total. The number of rotatable bonds is 6. The maximum Gasteiger partial charge on any atom is 0.240 e. The fourth-order valence-electron chi connectivity index (χ4n) is 2.24. The molecule has 2 rings (SSSR count). The van der Waals surface area contributed by atoms with E-state index in [9.17, 15) is 21.2 Å². The van der Waals surface area contributed by atoms with Crippen LogP contribution in [0.5, 0.6) is 0 Å². The summed E-state index contributed by atoms with van der Waals surface area (Å²) >= 11 is 0. The largest absolute Gasteiger partial charge is 0.378 e. The summed E-state index contributed by atoms with van der Waals surface area (Å²) in [5.74, 6) is -0.898. The molecule has 1 saturated heterocycles. The van der Waals surface area contributed by atoms with Gasteiger partial charge in [0.15, 0.2) is 0 Å². The molecule has 10 heteroatoms. The van der Waals surface area contributed by atoms with Gasteiger partial charge in [0.25, 0.3) is 0 Å². The van der Waals surface area contributed by atoms with Crippen LogP contribution in [-0.4, -0.2) is 59.2 Å². The standard InChI is InChI=1S/C13H19FN2O5S2/c1-11-10-21-8-7-16(11)22(17,18)9-6-15-23(19,20)13-4-2-12(14)3-5-13/h2-5,11,15H,6-10H2,1H3. The van der Waals surface area contributed by atoms with Gasteiger partial charge >= 0.3 is 0 Å². The Bertz CT molecular complexity index is 734. The fourth-order valence-corrected chi connectivity index (χ4v) is 4.96. The predicted octanol–water partition coefficient (Wildman–Crippen LogP) is 0.155. The topological polar surface area (TPSA) is 92.8 Å². The molecule has 1 aromatic carbocycles. The van der Waals surface area contributed by atoms with Crippen molar-refractivity contribution in [1.29, 1.82) is 0 Å². The molecule has 0 bridgehead atoms. The summed E-state index contributed by atoms with van der Waals surface area (Å²) in [5, 5.41) is 0. The minimum Gasteiger partial charge on any atom is -0.378 e. The van der Waals surface area contributed by atoms with E-state index in [0.29, 0.717) is 13.2 Å². The number of morpholine rings is 1. The zero-order chi connectivity index (χ0) is 17.1. The summed E-state index contributed by atoms with van der Waals surface area (Å²) in [6.45, 7) is 2.38. The van der Waals surface area contributed by atoms with E-state index in [-0.39, 0.29) is 29.8 Å². The van der Waals surface area contributed by atoms with Crippen LogP contribution >= 0.6 is 0 Å². The van der Waals surface area contributed by atoms with E-state index >= 15 is 0 Å². The quantitative estimate of drug-likeness (QED) is 0.774. The summed E-state index contributed by atoms with van der Waals surface area (Å²) in [7, 11) is -7.45. The smallest absolute Gasteiger partial charge is 0.240 e. The lowest BCUT2D eigenvalue weighted by Gasteiger charge is -2.32. The average molecular weight is 366 g/mol. The monoisotopic (exact) mass is 366 g/mol. The second kappa shape index (κ2) is 7.22. The molecular formula is C13H19FN2O5S2. The number of halogens is 1. The Balaban J connectivity index is 1.96. The fraction of sp³-hybridized carbons (Fsp3) is 0.538. The Labute approximate surface area is 135 Å². The van der Waals surface area contributed by atoms with E-state index in [1.807, 2.05) is 0 Å². The average Bonchev–Trinajstić information content (AvgIpc) is 2.47. The van der Waals surface area contributed by atoms with Crippen molar-refractivity contribution in [3.63, 3.8) is 0 Å². The molecule has 0 aliphatic carbocycles. The van der Waals surface area contributed by atoms with E-state index < -0.39 is 25.9 Å². The van der Waals surface area contributed by atoms with Crippen molar-refractivity contribution in [2.45, 2.75) is 17.9 Å². The van der Waals surface area contributed by atoms with Gasteiger partial charge in [0.2, 0.25) is 20.0 Å². The zero-order valence-corrected chi connectivity index (χ0v) is 14.2. The van der Waals surface area contributed by atoms with Crippen LogP contribution in [0, 0.1) is 5.82 Å². The number of sulfonamides is 2. The van der Waals surface area contributed by atoms with Crippen molar-refractivity contribution in [2.24, 2.45) is 0 Å². The number of hydrogen-bond donors (Lipinski definition) is 1. The Morgan fingerprint density at radius 2 is 1.91 bits per heavy atom. The lowest BCUT2D eigenvalue weighted by atomic mass is 10.3. The first kappa shape index (κ1) is 18.3. The van der Waals surface area contributed by atoms with Crippen molar-refractivity contribution in [3.05, 3.63) is 30.1 Å². The summed E-state index contributed by atoms with van der Waals surface area (Å²) in [6.07, 6.45) is 0. The molecule has 130 valence electrons. The Kier molecular flexibility index (Phi) is 5.74. The first-order valence-corrected chi connectivity index (χ1v) is 10.1. The molecule has 0 amide bonds. The van der Waals surface area contributed by atoms with Crippen LogP contribution < -0.4 is 4.72 Å². The number of nitrogens with one attached hydrogen (secondary N) is 1. The Morgan fingerprint density at radius 1 is 1.26 bits per heavy atom. The van der Waals surface area contributed by atoms with Gasteiger partial charge in [-0.15, -0.1) is 0 Å². The van der Waals surface area contributed by atoms with Crippen LogP contribution in [0.3, 0.4) is 0 Å². The second-order valence-electron chi connectivity index (χ2n) is 5.20. The molecule has 1 fully saturated rings. The van der Waals surface area contributed by atoms with E-state index in [0.717, 1.165) is 24.3 Å². The van der Waals surface area contributed by atoms with Crippen molar-refractivity contribution in [1.82, 2.24) is 9.03 Å². The molecule has 1 aromatic rings.